The fourth-order valence-electron chi connectivity index (χ4n) is 0.968. The first-order valence-corrected chi connectivity index (χ1v) is 3.79. The number of nitro groups is 1. The van der Waals surface area contributed by atoms with Crippen LogP contribution in [-0.2, 0) is 0 Å². The van der Waals surface area contributed by atoms with Crippen molar-refractivity contribution >= 4 is 17.3 Å². The third-order valence-electron chi connectivity index (χ3n) is 1.53. The summed E-state index contributed by atoms with van der Waals surface area (Å²) in [5.74, 6) is 0.109. The minimum absolute atomic E-state index is 0.0209. The van der Waals surface area contributed by atoms with Gasteiger partial charge in [-0.15, -0.1) is 0 Å². The van der Waals surface area contributed by atoms with E-state index < -0.39 is 4.92 Å². The quantitative estimate of drug-likeness (QED) is 0.543. The van der Waals surface area contributed by atoms with Crippen molar-refractivity contribution in [3.05, 3.63) is 27.0 Å². The van der Waals surface area contributed by atoms with Gasteiger partial charge in [-0.2, -0.15) is 0 Å². The minimum atomic E-state index is -0.587. The van der Waals surface area contributed by atoms with Crippen molar-refractivity contribution in [3.8, 4) is 5.75 Å². The minimum Gasteiger partial charge on any atom is -0.489 e. The van der Waals surface area contributed by atoms with Crippen LogP contribution in [0.1, 0.15) is 5.69 Å². The second-order valence-corrected chi connectivity index (χ2v) is 2.74. The molecule has 0 aliphatic heterocycles. The number of pyridine rings is 1. The van der Waals surface area contributed by atoms with Gasteiger partial charge in [-0.05, 0) is 6.92 Å². The molecule has 0 saturated carbocycles. The predicted octanol–water partition coefficient (Wildman–Crippen LogP) is 1.96. The molecular weight excluding hydrogens is 196 g/mol. The van der Waals surface area contributed by atoms with Crippen molar-refractivity contribution in [1.82, 2.24) is 4.98 Å². The summed E-state index contributed by atoms with van der Waals surface area (Å²) in [6.45, 7) is 1.61. The molecule has 0 saturated heterocycles. The van der Waals surface area contributed by atoms with Crippen molar-refractivity contribution < 1.29 is 9.66 Å². The normalized spacial score (nSPS) is 9.77. The molecule has 1 aromatic heterocycles. The first kappa shape index (κ1) is 9.73. The van der Waals surface area contributed by atoms with Crippen molar-refractivity contribution in [2.24, 2.45) is 0 Å². The van der Waals surface area contributed by atoms with Crippen LogP contribution >= 0.6 is 11.6 Å². The number of aromatic nitrogens is 1. The van der Waals surface area contributed by atoms with Crippen LogP contribution < -0.4 is 4.74 Å². The van der Waals surface area contributed by atoms with E-state index in [1.54, 1.807) is 6.92 Å². The van der Waals surface area contributed by atoms with Gasteiger partial charge in [0.25, 0.3) is 0 Å². The largest absolute Gasteiger partial charge is 0.489 e. The third-order valence-corrected chi connectivity index (χ3v) is 1.80. The van der Waals surface area contributed by atoms with Crippen molar-refractivity contribution in [1.29, 1.82) is 0 Å². The lowest BCUT2D eigenvalue weighted by Gasteiger charge is -2.04. The maximum absolute atomic E-state index is 10.6. The number of methoxy groups -OCH3 is 1. The van der Waals surface area contributed by atoms with Gasteiger partial charge < -0.3 is 4.74 Å². The second kappa shape index (κ2) is 3.57. The average Bonchev–Trinajstić information content (AvgIpc) is 2.07. The van der Waals surface area contributed by atoms with E-state index in [-0.39, 0.29) is 16.5 Å². The third kappa shape index (κ3) is 1.70. The van der Waals surface area contributed by atoms with Crippen LogP contribution in [0.3, 0.4) is 0 Å². The van der Waals surface area contributed by atoms with Gasteiger partial charge in [-0.1, -0.05) is 11.6 Å². The van der Waals surface area contributed by atoms with Gasteiger partial charge in [0.1, 0.15) is 5.02 Å². The molecule has 0 bridgehead atoms. The van der Waals surface area contributed by atoms with Crippen LogP contribution in [0.5, 0.6) is 5.75 Å². The molecule has 0 atom stereocenters. The summed E-state index contributed by atoms with van der Waals surface area (Å²) in [6.07, 6.45) is 1.23. The summed E-state index contributed by atoms with van der Waals surface area (Å²) < 4.78 is 4.83. The number of halogens is 1. The zero-order chi connectivity index (χ0) is 10.0. The lowest BCUT2D eigenvalue weighted by atomic mass is 10.3. The number of nitrogens with zero attached hydrogens (tertiary/aromatic N) is 2. The van der Waals surface area contributed by atoms with Crippen molar-refractivity contribution in [2.45, 2.75) is 6.92 Å². The van der Waals surface area contributed by atoms with E-state index in [9.17, 15) is 10.1 Å². The number of ether oxygens (including phenoxy) is 1. The zero-order valence-corrected chi connectivity index (χ0v) is 7.83. The van der Waals surface area contributed by atoms with Crippen LogP contribution in [0.2, 0.25) is 5.02 Å². The molecule has 13 heavy (non-hydrogen) atoms. The van der Waals surface area contributed by atoms with Crippen LogP contribution in [0.4, 0.5) is 5.69 Å². The molecule has 0 radical (unpaired) electrons. The molecule has 0 fully saturated rings. The highest BCUT2D eigenvalue weighted by atomic mass is 35.5. The molecule has 0 aliphatic carbocycles. The Morgan fingerprint density at radius 3 is 2.69 bits per heavy atom. The Hall–Kier alpha value is -1.36. The molecular formula is C7H7ClN2O3. The number of hydrogen-bond donors (Lipinski definition) is 0. The fraction of sp³-hybridized carbons (Fsp3) is 0.286. The van der Waals surface area contributed by atoms with Crippen molar-refractivity contribution in [3.63, 3.8) is 0 Å². The Bertz CT molecular complexity index is 354. The summed E-state index contributed by atoms with van der Waals surface area (Å²) in [6, 6.07) is 0. The van der Waals surface area contributed by atoms with Crippen LogP contribution in [0.15, 0.2) is 6.20 Å². The number of aryl methyl sites for hydroxylation is 1. The van der Waals surface area contributed by atoms with E-state index in [0.29, 0.717) is 5.69 Å². The van der Waals surface area contributed by atoms with E-state index >= 15 is 0 Å². The highest BCUT2D eigenvalue weighted by Crippen LogP contribution is 2.35. The standard InChI is InChI=1S/C7H7ClN2O3/c1-4-7(13-2)6(10(11)12)5(8)3-9-4/h3H,1-2H3. The van der Waals surface area contributed by atoms with Gasteiger partial charge in [-0.3, -0.25) is 15.1 Å². The summed E-state index contributed by atoms with van der Waals surface area (Å²) in [5, 5.41) is 10.5. The lowest BCUT2D eigenvalue weighted by molar-refractivity contribution is -0.385. The molecule has 1 heterocycles. The van der Waals surface area contributed by atoms with E-state index in [0.717, 1.165) is 0 Å². The van der Waals surface area contributed by atoms with Gasteiger partial charge in [-0.25, -0.2) is 0 Å². The van der Waals surface area contributed by atoms with E-state index in [2.05, 4.69) is 4.98 Å². The summed E-state index contributed by atoms with van der Waals surface area (Å²) in [7, 11) is 1.34. The maximum Gasteiger partial charge on any atom is 0.332 e. The highest BCUT2D eigenvalue weighted by Gasteiger charge is 2.22. The molecule has 0 aliphatic rings. The van der Waals surface area contributed by atoms with E-state index in [4.69, 9.17) is 16.3 Å². The SMILES string of the molecule is COc1c(C)ncc(Cl)c1[N+](=O)[O-]. The topological polar surface area (TPSA) is 65.3 Å². The monoisotopic (exact) mass is 202 g/mol. The van der Waals surface area contributed by atoms with E-state index in [1.165, 1.54) is 13.3 Å². The Balaban J connectivity index is 3.43. The molecule has 0 N–H and O–H groups in total. The van der Waals surface area contributed by atoms with E-state index in [1.807, 2.05) is 0 Å². The summed E-state index contributed by atoms with van der Waals surface area (Å²) >= 11 is 5.59. The summed E-state index contributed by atoms with van der Waals surface area (Å²) in [4.78, 5) is 13.8. The molecule has 0 amide bonds. The molecule has 5 nitrogen and oxygen atoms in total. The molecule has 0 aromatic carbocycles. The highest BCUT2D eigenvalue weighted by molar-refractivity contribution is 6.32. The Morgan fingerprint density at radius 2 is 2.31 bits per heavy atom. The maximum atomic E-state index is 10.6. The number of hydrogen-bond acceptors (Lipinski definition) is 4. The molecule has 1 aromatic rings. The molecule has 1 rings (SSSR count). The zero-order valence-electron chi connectivity index (χ0n) is 7.07. The van der Waals surface area contributed by atoms with Gasteiger partial charge in [0, 0.05) is 0 Å². The predicted molar refractivity (Wildman–Crippen MR) is 47.2 cm³/mol. The molecule has 70 valence electrons. The lowest BCUT2D eigenvalue weighted by Crippen LogP contribution is -1.98. The average molecular weight is 203 g/mol. The molecule has 0 spiro atoms. The van der Waals surface area contributed by atoms with Gasteiger partial charge >= 0.3 is 5.69 Å². The van der Waals surface area contributed by atoms with Crippen LogP contribution in [0.25, 0.3) is 0 Å². The van der Waals surface area contributed by atoms with Gasteiger partial charge in [0.15, 0.2) is 0 Å². The summed E-state index contributed by atoms with van der Waals surface area (Å²) in [5.41, 5.74) is 0.204. The van der Waals surface area contributed by atoms with Crippen LogP contribution in [0, 0.1) is 17.0 Å². The van der Waals surface area contributed by atoms with Crippen LogP contribution in [-0.4, -0.2) is 17.0 Å². The smallest absolute Gasteiger partial charge is 0.332 e. The van der Waals surface area contributed by atoms with Crippen molar-refractivity contribution in [2.75, 3.05) is 7.11 Å². The molecule has 6 heteroatoms. The fourth-order valence-corrected chi connectivity index (χ4v) is 1.17. The second-order valence-electron chi connectivity index (χ2n) is 2.33. The number of rotatable bonds is 2. The van der Waals surface area contributed by atoms with Gasteiger partial charge in [0.2, 0.25) is 5.75 Å². The van der Waals surface area contributed by atoms with Gasteiger partial charge in [0.05, 0.1) is 23.9 Å². The Morgan fingerprint density at radius 1 is 1.69 bits per heavy atom. The first-order valence-electron chi connectivity index (χ1n) is 3.41. The Kier molecular flexibility index (Phi) is 2.67. The Labute approximate surface area is 79.5 Å². The first-order chi connectivity index (χ1) is 6.07. The molecule has 0 unspecified atom stereocenters.